The van der Waals surface area contributed by atoms with E-state index in [1.165, 1.54) is 12.4 Å². The van der Waals surface area contributed by atoms with Gasteiger partial charge in [0.1, 0.15) is 5.69 Å². The van der Waals surface area contributed by atoms with Gasteiger partial charge in [0.2, 0.25) is 0 Å². The molecule has 110 valence electrons. The van der Waals surface area contributed by atoms with Crippen molar-refractivity contribution in [2.75, 3.05) is 13.7 Å². The highest BCUT2D eigenvalue weighted by Gasteiger charge is 2.11. The Bertz CT molecular complexity index is 568. The lowest BCUT2D eigenvalue weighted by molar-refractivity contribution is 0.0815. The average Bonchev–Trinajstić information content (AvgIpc) is 2.56. The van der Waals surface area contributed by atoms with Gasteiger partial charge >= 0.3 is 0 Å². The van der Waals surface area contributed by atoms with Crippen LogP contribution in [-0.4, -0.2) is 40.6 Å². The number of carbonyl (C=O) groups excluding carboxylic acids is 1. The van der Waals surface area contributed by atoms with Crippen LogP contribution in [0, 0.1) is 0 Å². The van der Waals surface area contributed by atoms with Crippen molar-refractivity contribution in [1.82, 2.24) is 20.3 Å². The molecular formula is C15H18N4O2. The molecule has 21 heavy (non-hydrogen) atoms. The molecule has 0 unspecified atom stereocenters. The van der Waals surface area contributed by atoms with Crippen LogP contribution in [0.5, 0.6) is 0 Å². The summed E-state index contributed by atoms with van der Waals surface area (Å²) in [5.74, 6) is 0.286. The van der Waals surface area contributed by atoms with Crippen LogP contribution < -0.4 is 5.32 Å². The first-order valence-corrected chi connectivity index (χ1v) is 6.79. The molecular weight excluding hydrogens is 268 g/mol. The predicted molar refractivity (Wildman–Crippen MR) is 78.7 cm³/mol. The summed E-state index contributed by atoms with van der Waals surface area (Å²) in [5.41, 5.74) is 1.09. The standard InChI is InChI=1S/C15H18N4O2/c1-3-12(21-2)10-19-15(20)11-8-17-14(18-9-11)13-6-4-5-7-16-13/h4-9,12H,3,10H2,1-2H3,(H,19,20)/t12-/m0/s1. The number of hydrogen-bond acceptors (Lipinski definition) is 5. The zero-order valence-electron chi connectivity index (χ0n) is 12.1. The Morgan fingerprint density at radius 2 is 2.05 bits per heavy atom. The van der Waals surface area contributed by atoms with E-state index in [-0.39, 0.29) is 12.0 Å². The minimum atomic E-state index is -0.210. The van der Waals surface area contributed by atoms with Crippen LogP contribution in [0.25, 0.3) is 11.5 Å². The first-order valence-electron chi connectivity index (χ1n) is 6.79. The van der Waals surface area contributed by atoms with Crippen LogP contribution in [0.15, 0.2) is 36.8 Å². The SMILES string of the molecule is CC[C@@H](CNC(=O)c1cnc(-c2ccccn2)nc1)OC. The maximum absolute atomic E-state index is 12.0. The largest absolute Gasteiger partial charge is 0.380 e. The third kappa shape index (κ3) is 4.06. The highest BCUT2D eigenvalue weighted by Crippen LogP contribution is 2.10. The molecule has 0 bridgehead atoms. The molecule has 2 aromatic heterocycles. The maximum Gasteiger partial charge on any atom is 0.254 e. The number of ether oxygens (including phenoxy) is 1. The molecule has 0 aliphatic rings. The summed E-state index contributed by atoms with van der Waals surface area (Å²) in [7, 11) is 1.63. The van der Waals surface area contributed by atoms with Crippen LogP contribution in [0.3, 0.4) is 0 Å². The number of nitrogens with one attached hydrogen (secondary N) is 1. The van der Waals surface area contributed by atoms with Crippen LogP contribution >= 0.6 is 0 Å². The average molecular weight is 286 g/mol. The summed E-state index contributed by atoms with van der Waals surface area (Å²) in [4.78, 5) is 24.5. The van der Waals surface area contributed by atoms with Gasteiger partial charge in [-0.3, -0.25) is 9.78 Å². The van der Waals surface area contributed by atoms with Crippen molar-refractivity contribution >= 4 is 5.91 Å². The Balaban J connectivity index is 2.00. The Labute approximate surface area is 123 Å². The molecule has 0 spiro atoms. The zero-order chi connectivity index (χ0) is 15.1. The van der Waals surface area contributed by atoms with E-state index in [1.807, 2.05) is 25.1 Å². The van der Waals surface area contributed by atoms with Gasteiger partial charge in [-0.05, 0) is 18.6 Å². The Kier molecular flexibility index (Phi) is 5.34. The van der Waals surface area contributed by atoms with E-state index in [1.54, 1.807) is 13.3 Å². The summed E-state index contributed by atoms with van der Waals surface area (Å²) < 4.78 is 5.21. The number of carbonyl (C=O) groups is 1. The molecule has 2 aromatic rings. The number of hydrogen-bond donors (Lipinski definition) is 1. The molecule has 0 aliphatic carbocycles. The predicted octanol–water partition coefficient (Wildman–Crippen LogP) is 1.69. The number of pyridine rings is 1. The highest BCUT2D eigenvalue weighted by atomic mass is 16.5. The van der Waals surface area contributed by atoms with Crippen molar-refractivity contribution in [3.8, 4) is 11.5 Å². The molecule has 0 saturated heterocycles. The van der Waals surface area contributed by atoms with Crippen LogP contribution in [0.4, 0.5) is 0 Å². The van der Waals surface area contributed by atoms with Gasteiger partial charge in [-0.15, -0.1) is 0 Å². The van der Waals surface area contributed by atoms with E-state index in [0.717, 1.165) is 6.42 Å². The topological polar surface area (TPSA) is 77.0 Å². The van der Waals surface area contributed by atoms with Gasteiger partial charge in [-0.2, -0.15) is 0 Å². The second kappa shape index (κ2) is 7.44. The van der Waals surface area contributed by atoms with Gasteiger partial charge in [0.15, 0.2) is 5.82 Å². The fraction of sp³-hybridized carbons (Fsp3) is 0.333. The number of rotatable bonds is 6. The monoisotopic (exact) mass is 286 g/mol. The molecule has 1 atom stereocenters. The van der Waals surface area contributed by atoms with E-state index in [2.05, 4.69) is 20.3 Å². The molecule has 1 amide bonds. The summed E-state index contributed by atoms with van der Waals surface area (Å²) >= 11 is 0. The normalized spacial score (nSPS) is 11.9. The fourth-order valence-electron chi connectivity index (χ4n) is 1.78. The summed E-state index contributed by atoms with van der Waals surface area (Å²) in [5, 5.41) is 2.80. The van der Waals surface area contributed by atoms with E-state index < -0.39 is 0 Å². The minimum absolute atomic E-state index is 0.0164. The number of nitrogens with zero attached hydrogens (tertiary/aromatic N) is 3. The van der Waals surface area contributed by atoms with Crippen LogP contribution in [-0.2, 0) is 4.74 Å². The molecule has 0 aromatic carbocycles. The summed E-state index contributed by atoms with van der Waals surface area (Å²) in [6.07, 6.45) is 5.53. The second-order valence-electron chi connectivity index (χ2n) is 4.49. The molecule has 0 aliphatic heterocycles. The molecule has 0 radical (unpaired) electrons. The van der Waals surface area contributed by atoms with Crippen LogP contribution in [0.2, 0.25) is 0 Å². The molecule has 6 nitrogen and oxygen atoms in total. The molecule has 2 heterocycles. The van der Waals surface area contributed by atoms with Crippen molar-refractivity contribution in [1.29, 1.82) is 0 Å². The number of aromatic nitrogens is 3. The van der Waals surface area contributed by atoms with Crippen molar-refractivity contribution < 1.29 is 9.53 Å². The van der Waals surface area contributed by atoms with Gasteiger partial charge in [-0.25, -0.2) is 9.97 Å². The van der Waals surface area contributed by atoms with Crippen molar-refractivity contribution in [3.05, 3.63) is 42.4 Å². The Morgan fingerprint density at radius 1 is 1.29 bits per heavy atom. The van der Waals surface area contributed by atoms with Crippen LogP contribution in [0.1, 0.15) is 23.7 Å². The fourth-order valence-corrected chi connectivity index (χ4v) is 1.78. The molecule has 2 rings (SSSR count). The summed E-state index contributed by atoms with van der Waals surface area (Å²) in [6, 6.07) is 5.51. The highest BCUT2D eigenvalue weighted by molar-refractivity contribution is 5.93. The van der Waals surface area contributed by atoms with Gasteiger partial charge in [-0.1, -0.05) is 13.0 Å². The van der Waals surface area contributed by atoms with E-state index >= 15 is 0 Å². The van der Waals surface area contributed by atoms with E-state index in [4.69, 9.17) is 4.74 Å². The van der Waals surface area contributed by atoms with E-state index in [0.29, 0.717) is 23.6 Å². The molecule has 1 N–H and O–H groups in total. The molecule has 0 saturated carbocycles. The van der Waals surface area contributed by atoms with Crippen molar-refractivity contribution in [3.63, 3.8) is 0 Å². The lowest BCUT2D eigenvalue weighted by Gasteiger charge is -2.13. The number of methoxy groups -OCH3 is 1. The zero-order valence-corrected chi connectivity index (χ0v) is 12.1. The van der Waals surface area contributed by atoms with E-state index in [9.17, 15) is 4.79 Å². The molecule has 0 fully saturated rings. The first kappa shape index (κ1) is 15.1. The third-order valence-corrected chi connectivity index (χ3v) is 3.09. The van der Waals surface area contributed by atoms with Gasteiger partial charge in [0, 0.05) is 32.2 Å². The van der Waals surface area contributed by atoms with Crippen molar-refractivity contribution in [2.24, 2.45) is 0 Å². The van der Waals surface area contributed by atoms with Gasteiger partial charge in [0.05, 0.1) is 11.7 Å². The van der Waals surface area contributed by atoms with Gasteiger partial charge in [0.25, 0.3) is 5.91 Å². The lowest BCUT2D eigenvalue weighted by Crippen LogP contribution is -2.32. The quantitative estimate of drug-likeness (QED) is 0.874. The van der Waals surface area contributed by atoms with Gasteiger partial charge < -0.3 is 10.1 Å². The Hall–Kier alpha value is -2.34. The van der Waals surface area contributed by atoms with Crippen molar-refractivity contribution in [2.45, 2.75) is 19.4 Å². The lowest BCUT2D eigenvalue weighted by atomic mass is 10.2. The first-order chi connectivity index (χ1) is 10.2. The third-order valence-electron chi connectivity index (χ3n) is 3.09. The maximum atomic E-state index is 12.0. The second-order valence-corrected chi connectivity index (χ2v) is 4.49. The molecule has 6 heteroatoms. The minimum Gasteiger partial charge on any atom is -0.380 e. The summed E-state index contributed by atoms with van der Waals surface area (Å²) in [6.45, 7) is 2.47. The smallest absolute Gasteiger partial charge is 0.254 e. The Morgan fingerprint density at radius 3 is 2.62 bits per heavy atom. The number of amides is 1.